The van der Waals surface area contributed by atoms with Crippen molar-refractivity contribution in [2.45, 2.75) is 4.90 Å². The molecule has 0 aliphatic rings. The molecule has 0 bridgehead atoms. The summed E-state index contributed by atoms with van der Waals surface area (Å²) in [7, 11) is -3.70. The van der Waals surface area contributed by atoms with E-state index in [9.17, 15) is 13.2 Å². The minimum absolute atomic E-state index is 0.0292. The lowest BCUT2D eigenvalue weighted by Crippen LogP contribution is -2.34. The summed E-state index contributed by atoms with van der Waals surface area (Å²) < 4.78 is 26.7. The van der Waals surface area contributed by atoms with Gasteiger partial charge in [-0.1, -0.05) is 35.4 Å². The number of sulfonamides is 1. The molecule has 0 aromatic heterocycles. The van der Waals surface area contributed by atoms with E-state index in [0.717, 1.165) is 0 Å². The van der Waals surface area contributed by atoms with Crippen LogP contribution in [0, 0.1) is 0 Å². The first kappa shape index (κ1) is 24.0. The molecule has 0 aliphatic heterocycles. The van der Waals surface area contributed by atoms with Crippen molar-refractivity contribution < 1.29 is 13.2 Å². The molecule has 30 heavy (non-hydrogen) atoms. The third kappa shape index (κ3) is 6.13. The Morgan fingerprint density at radius 2 is 1.67 bits per heavy atom. The summed E-state index contributed by atoms with van der Waals surface area (Å²) in [5.41, 5.74) is 0.719. The van der Waals surface area contributed by atoms with Crippen molar-refractivity contribution >= 4 is 62.2 Å². The highest BCUT2D eigenvalue weighted by atomic mass is 35.5. The SMILES string of the molecule is C=CCN(CC=C)S(=O)(=O)c1ccc(NC(=S)NC(=O)c2ccc(Cl)cc2Cl)cc1. The van der Waals surface area contributed by atoms with Gasteiger partial charge in [0, 0.05) is 23.8 Å². The van der Waals surface area contributed by atoms with E-state index < -0.39 is 15.9 Å². The summed E-state index contributed by atoms with van der Waals surface area (Å²) in [6.45, 7) is 7.48. The molecule has 0 spiro atoms. The Morgan fingerprint density at radius 3 is 2.20 bits per heavy atom. The number of amides is 1. The highest BCUT2D eigenvalue weighted by molar-refractivity contribution is 7.89. The first-order valence-corrected chi connectivity index (χ1v) is 11.2. The average molecular weight is 484 g/mol. The fourth-order valence-electron chi connectivity index (χ4n) is 2.42. The number of benzene rings is 2. The molecule has 10 heteroatoms. The minimum atomic E-state index is -3.70. The summed E-state index contributed by atoms with van der Waals surface area (Å²) in [5, 5.41) is 5.96. The first-order chi connectivity index (χ1) is 14.2. The second kappa shape index (κ2) is 10.7. The molecule has 0 unspecified atom stereocenters. The molecule has 1 amide bonds. The van der Waals surface area contributed by atoms with E-state index in [-0.39, 0.29) is 33.7 Å². The maximum absolute atomic E-state index is 12.7. The van der Waals surface area contributed by atoms with Crippen LogP contribution in [0.5, 0.6) is 0 Å². The third-order valence-electron chi connectivity index (χ3n) is 3.82. The minimum Gasteiger partial charge on any atom is -0.332 e. The van der Waals surface area contributed by atoms with Crippen LogP contribution < -0.4 is 10.6 Å². The number of nitrogens with one attached hydrogen (secondary N) is 2. The standard InChI is InChI=1S/C20H19Cl2N3O3S2/c1-3-11-25(12-4-2)30(27,28)16-8-6-15(7-9-16)23-20(29)24-19(26)17-10-5-14(21)13-18(17)22/h3-10,13H,1-2,11-12H2,(H2,23,24,26,29). The van der Waals surface area contributed by atoms with Gasteiger partial charge in [-0.25, -0.2) is 8.42 Å². The number of carbonyl (C=O) groups is 1. The van der Waals surface area contributed by atoms with Crippen molar-refractivity contribution in [2.24, 2.45) is 0 Å². The molecule has 2 rings (SSSR count). The van der Waals surface area contributed by atoms with Crippen molar-refractivity contribution in [3.63, 3.8) is 0 Å². The summed E-state index contributed by atoms with van der Waals surface area (Å²) >= 11 is 17.0. The monoisotopic (exact) mass is 483 g/mol. The Morgan fingerprint density at radius 1 is 1.07 bits per heavy atom. The van der Waals surface area contributed by atoms with Gasteiger partial charge in [-0.3, -0.25) is 10.1 Å². The smallest absolute Gasteiger partial charge is 0.258 e. The van der Waals surface area contributed by atoms with Crippen molar-refractivity contribution in [3.8, 4) is 0 Å². The van der Waals surface area contributed by atoms with Crippen molar-refractivity contribution in [1.29, 1.82) is 0 Å². The number of carbonyl (C=O) groups excluding carboxylic acids is 1. The predicted octanol–water partition coefficient (Wildman–Crippen LogP) is 4.48. The van der Waals surface area contributed by atoms with Gasteiger partial charge in [0.05, 0.1) is 15.5 Å². The van der Waals surface area contributed by atoms with Crippen LogP contribution in [0.15, 0.2) is 72.7 Å². The van der Waals surface area contributed by atoms with Crippen LogP contribution in [-0.2, 0) is 10.0 Å². The van der Waals surface area contributed by atoms with E-state index in [0.29, 0.717) is 10.7 Å². The highest BCUT2D eigenvalue weighted by Gasteiger charge is 2.22. The fraction of sp³-hybridized carbons (Fsp3) is 0.100. The Hall–Kier alpha value is -2.23. The number of nitrogens with zero attached hydrogens (tertiary/aromatic N) is 1. The Labute approximate surface area is 191 Å². The number of hydrogen-bond acceptors (Lipinski definition) is 4. The topological polar surface area (TPSA) is 78.5 Å². The maximum Gasteiger partial charge on any atom is 0.258 e. The van der Waals surface area contributed by atoms with Gasteiger partial charge in [0.1, 0.15) is 0 Å². The van der Waals surface area contributed by atoms with Crippen molar-refractivity contribution in [2.75, 3.05) is 18.4 Å². The van der Waals surface area contributed by atoms with Gasteiger partial charge >= 0.3 is 0 Å². The Kier molecular flexibility index (Phi) is 8.57. The molecule has 2 N–H and O–H groups in total. The fourth-order valence-corrected chi connectivity index (χ4v) is 4.51. The predicted molar refractivity (Wildman–Crippen MR) is 126 cm³/mol. The lowest BCUT2D eigenvalue weighted by atomic mass is 10.2. The third-order valence-corrected chi connectivity index (χ3v) is 6.42. The first-order valence-electron chi connectivity index (χ1n) is 8.58. The van der Waals surface area contributed by atoms with Crippen LogP contribution in [0.1, 0.15) is 10.4 Å². The number of halogens is 2. The zero-order valence-electron chi connectivity index (χ0n) is 15.8. The molecule has 2 aromatic carbocycles. The second-order valence-electron chi connectivity index (χ2n) is 5.96. The van der Waals surface area contributed by atoms with E-state index in [1.54, 1.807) is 18.2 Å². The normalized spacial score (nSPS) is 11.0. The van der Waals surface area contributed by atoms with Gasteiger partial charge < -0.3 is 5.32 Å². The molecule has 0 aliphatic carbocycles. The van der Waals surface area contributed by atoms with E-state index in [1.165, 1.54) is 40.7 Å². The highest BCUT2D eigenvalue weighted by Crippen LogP contribution is 2.21. The van der Waals surface area contributed by atoms with E-state index in [1.807, 2.05) is 0 Å². The van der Waals surface area contributed by atoms with E-state index in [4.69, 9.17) is 35.4 Å². The van der Waals surface area contributed by atoms with Gasteiger partial charge in [0.2, 0.25) is 10.0 Å². The molecule has 0 heterocycles. The van der Waals surface area contributed by atoms with Crippen LogP contribution in [0.25, 0.3) is 0 Å². The quantitative estimate of drug-likeness (QED) is 0.427. The van der Waals surface area contributed by atoms with Crippen LogP contribution in [0.2, 0.25) is 10.0 Å². The lowest BCUT2D eigenvalue weighted by molar-refractivity contribution is 0.0978. The van der Waals surface area contributed by atoms with Crippen LogP contribution in [-0.4, -0.2) is 36.8 Å². The molecule has 6 nitrogen and oxygen atoms in total. The van der Waals surface area contributed by atoms with Gasteiger partial charge in [0.15, 0.2) is 5.11 Å². The lowest BCUT2D eigenvalue weighted by Gasteiger charge is -2.19. The molecule has 0 atom stereocenters. The summed E-state index contributed by atoms with van der Waals surface area (Å²) in [6, 6.07) is 10.5. The van der Waals surface area contributed by atoms with E-state index in [2.05, 4.69) is 23.8 Å². The van der Waals surface area contributed by atoms with Crippen molar-refractivity contribution in [3.05, 3.63) is 83.4 Å². The molecule has 2 aromatic rings. The molecule has 0 fully saturated rings. The van der Waals surface area contributed by atoms with Gasteiger partial charge in [-0.05, 0) is 54.7 Å². The van der Waals surface area contributed by atoms with Crippen LogP contribution >= 0.6 is 35.4 Å². The summed E-state index contributed by atoms with van der Waals surface area (Å²) in [6.07, 6.45) is 3.01. The number of anilines is 1. The molecule has 0 saturated heterocycles. The molecule has 0 radical (unpaired) electrons. The van der Waals surface area contributed by atoms with Crippen LogP contribution in [0.4, 0.5) is 5.69 Å². The maximum atomic E-state index is 12.7. The number of thiocarbonyl (C=S) groups is 1. The Bertz CT molecular complexity index is 1060. The van der Waals surface area contributed by atoms with Crippen LogP contribution in [0.3, 0.4) is 0 Å². The average Bonchev–Trinajstić information content (AvgIpc) is 2.68. The van der Waals surface area contributed by atoms with Gasteiger partial charge in [-0.2, -0.15) is 4.31 Å². The Balaban J connectivity index is 2.07. The largest absolute Gasteiger partial charge is 0.332 e. The van der Waals surface area contributed by atoms with Crippen molar-refractivity contribution in [1.82, 2.24) is 9.62 Å². The van der Waals surface area contributed by atoms with E-state index >= 15 is 0 Å². The summed E-state index contributed by atoms with van der Waals surface area (Å²) in [5.74, 6) is -0.502. The molecular weight excluding hydrogens is 465 g/mol. The molecule has 158 valence electrons. The van der Waals surface area contributed by atoms with Gasteiger partial charge in [0.25, 0.3) is 5.91 Å². The zero-order valence-corrected chi connectivity index (χ0v) is 18.9. The number of hydrogen-bond donors (Lipinski definition) is 2. The summed E-state index contributed by atoms with van der Waals surface area (Å²) in [4.78, 5) is 12.4. The molecule has 0 saturated carbocycles. The number of rotatable bonds is 8. The second-order valence-corrected chi connectivity index (χ2v) is 9.15. The van der Waals surface area contributed by atoms with Gasteiger partial charge in [-0.15, -0.1) is 13.2 Å². The zero-order chi connectivity index (χ0) is 22.3. The molecular formula is C20H19Cl2N3O3S2.